The van der Waals surface area contributed by atoms with Crippen molar-refractivity contribution in [1.29, 1.82) is 21.0 Å². The maximum absolute atomic E-state index is 8.84. The van der Waals surface area contributed by atoms with Crippen LogP contribution in [0.4, 0.5) is 0 Å². The summed E-state index contributed by atoms with van der Waals surface area (Å²) in [6.45, 7) is 0. The molecule has 0 aromatic rings. The largest absolute Gasteiger partial charge is 0.198 e. The summed E-state index contributed by atoms with van der Waals surface area (Å²) in [4.78, 5) is 0. The van der Waals surface area contributed by atoms with Gasteiger partial charge in [-0.3, -0.25) is 0 Å². The molecular formula is C12H14N4S. The standard InChI is InChI=1S/C12H14N4S/c13-5-1-3-11(7-15)9-17-10-12(8-16)4-2-6-14/h11-12H,1-4,9-10H2. The summed E-state index contributed by atoms with van der Waals surface area (Å²) in [6, 6.07) is 8.37. The minimum atomic E-state index is -0.116. The Morgan fingerprint density at radius 2 is 1.18 bits per heavy atom. The van der Waals surface area contributed by atoms with Crippen LogP contribution >= 0.6 is 11.8 Å². The van der Waals surface area contributed by atoms with Crippen LogP contribution < -0.4 is 0 Å². The van der Waals surface area contributed by atoms with E-state index in [1.165, 1.54) is 0 Å². The molecule has 0 aromatic carbocycles. The van der Waals surface area contributed by atoms with Gasteiger partial charge in [0, 0.05) is 24.3 Å². The Balaban J connectivity index is 3.80. The first kappa shape index (κ1) is 15.3. The second-order valence-electron chi connectivity index (χ2n) is 3.58. The second-order valence-corrected chi connectivity index (χ2v) is 4.66. The first-order valence-corrected chi connectivity index (χ1v) is 6.54. The van der Waals surface area contributed by atoms with Gasteiger partial charge in [0.05, 0.1) is 36.1 Å². The van der Waals surface area contributed by atoms with E-state index < -0.39 is 0 Å². The molecular weight excluding hydrogens is 232 g/mol. The molecule has 0 saturated carbocycles. The van der Waals surface area contributed by atoms with Crippen molar-refractivity contribution in [3.05, 3.63) is 0 Å². The second kappa shape index (κ2) is 10.8. The summed E-state index contributed by atoms with van der Waals surface area (Å²) >= 11 is 1.56. The van der Waals surface area contributed by atoms with Gasteiger partial charge in [-0.25, -0.2) is 0 Å². The highest BCUT2D eigenvalue weighted by Gasteiger charge is 2.11. The van der Waals surface area contributed by atoms with Gasteiger partial charge in [-0.05, 0) is 12.8 Å². The number of thioether (sulfide) groups is 1. The molecule has 0 spiro atoms. The Labute approximate surface area is 106 Å². The number of nitriles is 4. The fraction of sp³-hybridized carbons (Fsp3) is 0.667. The lowest BCUT2D eigenvalue weighted by atomic mass is 10.1. The van der Waals surface area contributed by atoms with Crippen LogP contribution in [0.25, 0.3) is 0 Å². The molecule has 0 radical (unpaired) electrons. The van der Waals surface area contributed by atoms with Crippen molar-refractivity contribution in [3.8, 4) is 24.3 Å². The Morgan fingerprint density at radius 1 is 0.765 bits per heavy atom. The average molecular weight is 246 g/mol. The van der Waals surface area contributed by atoms with E-state index in [0.717, 1.165) is 0 Å². The van der Waals surface area contributed by atoms with E-state index in [1.54, 1.807) is 11.8 Å². The molecule has 0 saturated heterocycles. The van der Waals surface area contributed by atoms with E-state index >= 15 is 0 Å². The van der Waals surface area contributed by atoms with Gasteiger partial charge in [-0.2, -0.15) is 32.8 Å². The molecule has 0 fully saturated rings. The first-order chi connectivity index (χ1) is 8.28. The molecule has 0 N–H and O–H groups in total. The summed E-state index contributed by atoms with van der Waals surface area (Å²) < 4.78 is 0. The van der Waals surface area contributed by atoms with E-state index in [1.807, 2.05) is 12.1 Å². The molecule has 2 unspecified atom stereocenters. The maximum Gasteiger partial charge on any atom is 0.0664 e. The molecule has 88 valence electrons. The predicted molar refractivity (Wildman–Crippen MR) is 65.2 cm³/mol. The average Bonchev–Trinajstić information content (AvgIpc) is 2.37. The monoisotopic (exact) mass is 246 g/mol. The van der Waals surface area contributed by atoms with Gasteiger partial charge in [0.25, 0.3) is 0 Å². The molecule has 0 aliphatic rings. The van der Waals surface area contributed by atoms with Crippen molar-refractivity contribution < 1.29 is 0 Å². The maximum atomic E-state index is 8.84. The third kappa shape index (κ3) is 8.15. The topological polar surface area (TPSA) is 95.2 Å². The SMILES string of the molecule is N#CCCC(C#N)CSCC(C#N)CCC#N. The highest BCUT2D eigenvalue weighted by atomic mass is 32.2. The molecule has 17 heavy (non-hydrogen) atoms. The molecule has 0 aliphatic heterocycles. The van der Waals surface area contributed by atoms with Crippen LogP contribution in [0, 0.1) is 57.2 Å². The first-order valence-electron chi connectivity index (χ1n) is 5.39. The van der Waals surface area contributed by atoms with Crippen molar-refractivity contribution in [2.45, 2.75) is 25.7 Å². The summed E-state index contributed by atoms with van der Waals surface area (Å²) in [6.07, 6.45) is 1.98. The Morgan fingerprint density at radius 3 is 1.47 bits per heavy atom. The van der Waals surface area contributed by atoms with Gasteiger partial charge in [-0.15, -0.1) is 0 Å². The van der Waals surface area contributed by atoms with Gasteiger partial charge in [0.1, 0.15) is 0 Å². The van der Waals surface area contributed by atoms with Crippen LogP contribution in [0.1, 0.15) is 25.7 Å². The third-order valence-corrected chi connectivity index (χ3v) is 3.49. The van der Waals surface area contributed by atoms with Crippen molar-refractivity contribution in [2.75, 3.05) is 11.5 Å². The van der Waals surface area contributed by atoms with Crippen molar-refractivity contribution >= 4 is 11.8 Å². The van der Waals surface area contributed by atoms with Gasteiger partial charge in [0.15, 0.2) is 0 Å². The zero-order valence-corrected chi connectivity index (χ0v) is 10.4. The van der Waals surface area contributed by atoms with Crippen molar-refractivity contribution in [1.82, 2.24) is 0 Å². The molecule has 0 amide bonds. The highest BCUT2D eigenvalue weighted by Crippen LogP contribution is 2.18. The fourth-order valence-electron chi connectivity index (χ4n) is 1.20. The minimum absolute atomic E-state index is 0.116. The molecule has 0 bridgehead atoms. The molecule has 0 aromatic heterocycles. The summed E-state index contributed by atoms with van der Waals surface area (Å²) in [7, 11) is 0. The van der Waals surface area contributed by atoms with Gasteiger partial charge >= 0.3 is 0 Å². The molecule has 5 heteroatoms. The quantitative estimate of drug-likeness (QED) is 0.656. The zero-order valence-electron chi connectivity index (χ0n) is 9.59. The molecule has 0 rings (SSSR count). The fourth-order valence-corrected chi connectivity index (χ4v) is 2.39. The molecule has 4 nitrogen and oxygen atoms in total. The third-order valence-electron chi connectivity index (χ3n) is 2.21. The van der Waals surface area contributed by atoms with E-state index in [9.17, 15) is 0 Å². The lowest BCUT2D eigenvalue weighted by Crippen LogP contribution is -2.05. The van der Waals surface area contributed by atoms with Crippen LogP contribution in [0.3, 0.4) is 0 Å². The number of rotatable bonds is 8. The Hall–Kier alpha value is -1.69. The number of hydrogen-bond donors (Lipinski definition) is 0. The van der Waals surface area contributed by atoms with Gasteiger partial charge < -0.3 is 0 Å². The minimum Gasteiger partial charge on any atom is -0.198 e. The van der Waals surface area contributed by atoms with E-state index in [4.69, 9.17) is 21.0 Å². The lowest BCUT2D eigenvalue weighted by Gasteiger charge is -2.09. The molecule has 2 atom stereocenters. The van der Waals surface area contributed by atoms with E-state index in [2.05, 4.69) is 12.1 Å². The molecule has 0 heterocycles. The smallest absolute Gasteiger partial charge is 0.0664 e. The highest BCUT2D eigenvalue weighted by molar-refractivity contribution is 7.99. The summed E-state index contributed by atoms with van der Waals surface area (Å²) in [5.74, 6) is 1.08. The van der Waals surface area contributed by atoms with Crippen molar-refractivity contribution in [3.63, 3.8) is 0 Å². The zero-order chi connectivity index (χ0) is 12.9. The van der Waals surface area contributed by atoms with Crippen LogP contribution in [0.5, 0.6) is 0 Å². The van der Waals surface area contributed by atoms with Gasteiger partial charge in [-0.1, -0.05) is 0 Å². The normalized spacial score (nSPS) is 12.5. The number of hydrogen-bond acceptors (Lipinski definition) is 5. The van der Waals surface area contributed by atoms with E-state index in [-0.39, 0.29) is 11.8 Å². The lowest BCUT2D eigenvalue weighted by molar-refractivity contribution is 0.671. The number of nitrogens with zero attached hydrogens (tertiary/aromatic N) is 4. The van der Waals surface area contributed by atoms with Gasteiger partial charge in [0.2, 0.25) is 0 Å². The van der Waals surface area contributed by atoms with Crippen LogP contribution in [-0.4, -0.2) is 11.5 Å². The predicted octanol–water partition coefficient (Wildman–Crippen LogP) is 2.61. The Bertz CT molecular complexity index is 330. The van der Waals surface area contributed by atoms with Crippen LogP contribution in [0.15, 0.2) is 0 Å². The van der Waals surface area contributed by atoms with Crippen LogP contribution in [-0.2, 0) is 0 Å². The van der Waals surface area contributed by atoms with E-state index in [0.29, 0.717) is 37.2 Å². The summed E-state index contributed by atoms with van der Waals surface area (Å²) in [5, 5.41) is 34.5. The van der Waals surface area contributed by atoms with Crippen LogP contribution in [0.2, 0.25) is 0 Å². The Kier molecular flexibility index (Phi) is 9.74. The summed E-state index contributed by atoms with van der Waals surface area (Å²) in [5.41, 5.74) is 0. The molecule has 0 aliphatic carbocycles. The van der Waals surface area contributed by atoms with Crippen molar-refractivity contribution in [2.24, 2.45) is 11.8 Å².